The lowest BCUT2D eigenvalue weighted by atomic mass is 10.0. The number of halogens is 3. The van der Waals surface area contributed by atoms with Crippen LogP contribution in [0.5, 0.6) is 0 Å². The van der Waals surface area contributed by atoms with Gasteiger partial charge < -0.3 is 10.6 Å². The van der Waals surface area contributed by atoms with E-state index in [0.717, 1.165) is 12.6 Å². The van der Waals surface area contributed by atoms with Crippen molar-refractivity contribution < 1.29 is 18.0 Å². The monoisotopic (exact) mass is 519 g/mol. The molecule has 0 saturated carbocycles. The van der Waals surface area contributed by atoms with Gasteiger partial charge in [-0.25, -0.2) is 9.50 Å². The molecular formula is C27H24F3N7O. The quantitative estimate of drug-likeness (QED) is 0.401. The van der Waals surface area contributed by atoms with Crippen molar-refractivity contribution in [2.75, 3.05) is 25.0 Å². The predicted molar refractivity (Wildman–Crippen MR) is 135 cm³/mol. The predicted octanol–water partition coefficient (Wildman–Crippen LogP) is 3.59. The van der Waals surface area contributed by atoms with Gasteiger partial charge >= 0.3 is 6.18 Å². The average Bonchev–Trinajstić information content (AvgIpc) is 3.31. The molecule has 0 spiro atoms. The molecule has 0 bridgehead atoms. The summed E-state index contributed by atoms with van der Waals surface area (Å²) in [7, 11) is 0. The second-order valence-corrected chi connectivity index (χ2v) is 9.06. The minimum atomic E-state index is -4.56. The van der Waals surface area contributed by atoms with Crippen LogP contribution in [0.4, 0.5) is 18.9 Å². The number of fused-ring (bicyclic) bond motifs is 1. The molecule has 8 nitrogen and oxygen atoms in total. The standard InChI is InChI=1S/C27H24F3N7O/c1-18-16-36(10-9-32-18)17-20-5-6-22(12-24(20)27(28,29)30)35-26(38)21-11-19(13-31-14-21)4-7-23-15-33-25-3-2-8-34-37(23)25/h2-3,5-6,8,11-15,18,32H,9-10,16-17H2,1H3,(H,35,38)/t18-/m1/s1. The van der Waals surface area contributed by atoms with Crippen LogP contribution in [0.15, 0.2) is 61.2 Å². The van der Waals surface area contributed by atoms with Gasteiger partial charge in [0.05, 0.1) is 17.3 Å². The maximum absolute atomic E-state index is 13.9. The lowest BCUT2D eigenvalue weighted by Gasteiger charge is -2.32. The molecule has 1 atom stereocenters. The zero-order valence-corrected chi connectivity index (χ0v) is 20.5. The van der Waals surface area contributed by atoms with Gasteiger partial charge in [-0.2, -0.15) is 18.3 Å². The van der Waals surface area contributed by atoms with Gasteiger partial charge in [0.15, 0.2) is 5.65 Å². The fourth-order valence-electron chi connectivity index (χ4n) is 4.34. The molecule has 1 aliphatic rings. The summed E-state index contributed by atoms with van der Waals surface area (Å²) in [6.07, 6.45) is 1.48. The fraction of sp³-hybridized carbons (Fsp3) is 0.259. The van der Waals surface area contributed by atoms with E-state index < -0.39 is 17.6 Å². The zero-order valence-electron chi connectivity index (χ0n) is 20.5. The first-order chi connectivity index (χ1) is 18.3. The third-order valence-electron chi connectivity index (χ3n) is 6.13. The average molecular weight is 520 g/mol. The minimum absolute atomic E-state index is 0.0491. The number of hydrogen-bond donors (Lipinski definition) is 2. The number of rotatable bonds is 4. The van der Waals surface area contributed by atoms with Crippen molar-refractivity contribution in [3.05, 3.63) is 89.1 Å². The van der Waals surface area contributed by atoms with E-state index in [4.69, 9.17) is 0 Å². The highest BCUT2D eigenvalue weighted by atomic mass is 19.4. The van der Waals surface area contributed by atoms with Gasteiger partial charge in [-0.05, 0) is 48.7 Å². The number of imidazole rings is 1. The number of amides is 1. The van der Waals surface area contributed by atoms with E-state index in [1.807, 2.05) is 11.8 Å². The second kappa shape index (κ2) is 10.6. The Morgan fingerprint density at radius 2 is 2.05 bits per heavy atom. The number of carbonyl (C=O) groups excluding carboxylic acids is 1. The van der Waals surface area contributed by atoms with E-state index in [0.29, 0.717) is 30.0 Å². The van der Waals surface area contributed by atoms with Gasteiger partial charge in [-0.3, -0.25) is 14.7 Å². The van der Waals surface area contributed by atoms with Crippen LogP contribution in [0, 0.1) is 11.8 Å². The Kier molecular flexibility index (Phi) is 7.09. The topological polar surface area (TPSA) is 87.5 Å². The lowest BCUT2D eigenvalue weighted by molar-refractivity contribution is -0.138. The normalized spacial score (nSPS) is 16.2. The second-order valence-electron chi connectivity index (χ2n) is 9.06. The summed E-state index contributed by atoms with van der Waals surface area (Å²) >= 11 is 0. The molecule has 3 aromatic heterocycles. The van der Waals surface area contributed by atoms with E-state index in [2.05, 4.69) is 37.5 Å². The molecule has 0 aliphatic carbocycles. The summed E-state index contributed by atoms with van der Waals surface area (Å²) in [4.78, 5) is 23.1. The number of nitrogens with one attached hydrogen (secondary N) is 2. The molecule has 2 N–H and O–H groups in total. The van der Waals surface area contributed by atoms with Crippen LogP contribution in [0.25, 0.3) is 5.65 Å². The number of pyridine rings is 1. The molecule has 1 fully saturated rings. The Bertz CT molecular complexity index is 1540. The third kappa shape index (κ3) is 5.82. The number of hydrogen-bond acceptors (Lipinski definition) is 6. The van der Waals surface area contributed by atoms with Crippen LogP contribution in [0.3, 0.4) is 0 Å². The van der Waals surface area contributed by atoms with Crippen molar-refractivity contribution in [3.63, 3.8) is 0 Å². The summed E-state index contributed by atoms with van der Waals surface area (Å²) in [5.41, 5.74) is 1.29. The highest BCUT2D eigenvalue weighted by Crippen LogP contribution is 2.34. The number of piperazine rings is 1. The number of nitrogens with zero attached hydrogens (tertiary/aromatic N) is 5. The van der Waals surface area contributed by atoms with Crippen LogP contribution in [-0.4, -0.2) is 56.1 Å². The molecule has 4 heterocycles. The van der Waals surface area contributed by atoms with E-state index in [9.17, 15) is 18.0 Å². The first-order valence-corrected chi connectivity index (χ1v) is 12.0. The molecule has 194 valence electrons. The highest BCUT2D eigenvalue weighted by Gasteiger charge is 2.34. The van der Waals surface area contributed by atoms with Crippen molar-refractivity contribution in [1.82, 2.24) is 29.8 Å². The molecule has 1 aliphatic heterocycles. The van der Waals surface area contributed by atoms with Crippen LogP contribution in [0.2, 0.25) is 0 Å². The van der Waals surface area contributed by atoms with Gasteiger partial charge in [0.25, 0.3) is 5.91 Å². The molecule has 1 saturated heterocycles. The minimum Gasteiger partial charge on any atom is -0.322 e. The first-order valence-electron chi connectivity index (χ1n) is 12.0. The zero-order chi connectivity index (χ0) is 26.7. The van der Waals surface area contributed by atoms with E-state index >= 15 is 0 Å². The molecule has 5 rings (SSSR count). The summed E-state index contributed by atoms with van der Waals surface area (Å²) in [6.45, 7) is 4.24. The summed E-state index contributed by atoms with van der Waals surface area (Å²) in [6, 6.07) is 9.20. The lowest BCUT2D eigenvalue weighted by Crippen LogP contribution is -2.48. The van der Waals surface area contributed by atoms with Crippen molar-refractivity contribution in [1.29, 1.82) is 0 Å². The van der Waals surface area contributed by atoms with Crippen molar-refractivity contribution in [2.45, 2.75) is 25.7 Å². The van der Waals surface area contributed by atoms with Gasteiger partial charge in [-0.15, -0.1) is 0 Å². The number of benzene rings is 1. The van der Waals surface area contributed by atoms with E-state index in [1.165, 1.54) is 30.6 Å². The van der Waals surface area contributed by atoms with Gasteiger partial charge in [0, 0.05) is 62.1 Å². The third-order valence-corrected chi connectivity index (χ3v) is 6.13. The van der Waals surface area contributed by atoms with E-state index in [1.54, 1.807) is 29.0 Å². The summed E-state index contributed by atoms with van der Waals surface area (Å²) in [5.74, 6) is 5.29. The summed E-state index contributed by atoms with van der Waals surface area (Å²) in [5, 5.41) is 10.0. The molecule has 1 aromatic carbocycles. The molecule has 4 aromatic rings. The Labute approximate surface area is 216 Å². The number of alkyl halides is 3. The fourth-order valence-corrected chi connectivity index (χ4v) is 4.34. The SMILES string of the molecule is C[C@@H]1CN(Cc2ccc(NC(=O)c3cncc(C#Cc4cnc5cccnn45)c3)cc2C(F)(F)F)CCN1. The van der Waals surface area contributed by atoms with Crippen LogP contribution in [0.1, 0.15) is 39.7 Å². The van der Waals surface area contributed by atoms with Gasteiger partial charge in [0.1, 0.15) is 5.69 Å². The molecule has 0 unspecified atom stereocenters. The Balaban J connectivity index is 1.33. The van der Waals surface area contributed by atoms with Gasteiger partial charge in [0.2, 0.25) is 0 Å². The first kappa shape index (κ1) is 25.4. The maximum Gasteiger partial charge on any atom is 0.416 e. The van der Waals surface area contributed by atoms with Gasteiger partial charge in [-0.1, -0.05) is 12.0 Å². The summed E-state index contributed by atoms with van der Waals surface area (Å²) < 4.78 is 43.3. The Morgan fingerprint density at radius 3 is 2.87 bits per heavy atom. The van der Waals surface area contributed by atoms with Crippen molar-refractivity contribution in [3.8, 4) is 11.8 Å². The smallest absolute Gasteiger partial charge is 0.322 e. The Morgan fingerprint density at radius 1 is 1.18 bits per heavy atom. The molecule has 11 heteroatoms. The largest absolute Gasteiger partial charge is 0.416 e. The molecular weight excluding hydrogens is 495 g/mol. The number of carbonyl (C=O) groups is 1. The van der Waals surface area contributed by atoms with Crippen molar-refractivity contribution >= 4 is 17.2 Å². The van der Waals surface area contributed by atoms with E-state index in [-0.39, 0.29) is 29.4 Å². The number of anilines is 1. The van der Waals surface area contributed by atoms with Crippen molar-refractivity contribution in [2.24, 2.45) is 0 Å². The highest BCUT2D eigenvalue weighted by molar-refractivity contribution is 6.04. The molecule has 1 amide bonds. The molecule has 38 heavy (non-hydrogen) atoms. The van der Waals surface area contributed by atoms with Crippen LogP contribution >= 0.6 is 0 Å². The molecule has 0 radical (unpaired) electrons. The van der Waals surface area contributed by atoms with Crippen LogP contribution < -0.4 is 10.6 Å². The Hall–Kier alpha value is -4.27. The van der Waals surface area contributed by atoms with Crippen LogP contribution in [-0.2, 0) is 12.7 Å². The maximum atomic E-state index is 13.9. The number of aromatic nitrogens is 4.